The first-order valence-electron chi connectivity index (χ1n) is 12.8. The number of methoxy groups -OCH3 is 2. The summed E-state index contributed by atoms with van der Waals surface area (Å²) in [6.45, 7) is 7.19. The number of ether oxygens (including phenoxy) is 3. The molecule has 39 heavy (non-hydrogen) atoms. The zero-order valence-corrected chi connectivity index (χ0v) is 23.9. The summed E-state index contributed by atoms with van der Waals surface area (Å²) in [5.41, 5.74) is 3.77. The van der Waals surface area contributed by atoms with E-state index >= 15 is 0 Å². The molecule has 0 fully saturated rings. The predicted molar refractivity (Wildman–Crippen MR) is 146 cm³/mol. The van der Waals surface area contributed by atoms with Gasteiger partial charge in [0.2, 0.25) is 12.6 Å². The summed E-state index contributed by atoms with van der Waals surface area (Å²) in [5, 5.41) is 23.8. The van der Waals surface area contributed by atoms with E-state index in [1.165, 1.54) is 19.0 Å². The number of benzene rings is 2. The van der Waals surface area contributed by atoms with Crippen LogP contribution >= 0.6 is 0 Å². The Bertz CT molecular complexity index is 1260. The van der Waals surface area contributed by atoms with Crippen LogP contribution in [0.2, 0.25) is 0 Å². The summed E-state index contributed by atoms with van der Waals surface area (Å²) >= 11 is 0. The number of carbonyl (C=O) groups is 2. The Balaban J connectivity index is 2.13. The highest BCUT2D eigenvalue weighted by atomic mass is 16.7. The van der Waals surface area contributed by atoms with Crippen molar-refractivity contribution in [2.75, 3.05) is 41.6 Å². The van der Waals surface area contributed by atoms with Crippen LogP contribution in [0.25, 0.3) is 16.7 Å². The summed E-state index contributed by atoms with van der Waals surface area (Å²) in [7, 11) is 6.86. The van der Waals surface area contributed by atoms with Gasteiger partial charge >= 0.3 is 0 Å². The second kappa shape index (κ2) is 12.5. The van der Waals surface area contributed by atoms with Crippen molar-refractivity contribution in [1.29, 1.82) is 0 Å². The van der Waals surface area contributed by atoms with Gasteiger partial charge in [0.25, 0.3) is 6.47 Å². The van der Waals surface area contributed by atoms with E-state index in [0.717, 1.165) is 11.1 Å². The highest BCUT2D eigenvalue weighted by Crippen LogP contribution is 2.40. The lowest BCUT2D eigenvalue weighted by Gasteiger charge is -2.31. The Morgan fingerprint density at radius 3 is 2.31 bits per heavy atom. The first-order valence-corrected chi connectivity index (χ1v) is 12.8. The number of quaternary nitrogens is 1. The van der Waals surface area contributed by atoms with Gasteiger partial charge < -0.3 is 24.6 Å². The number of aromatic hydroxyl groups is 1. The van der Waals surface area contributed by atoms with E-state index < -0.39 is 11.7 Å². The Hall–Kier alpha value is -3.54. The number of hydrogen-bond donors (Lipinski definition) is 2. The van der Waals surface area contributed by atoms with E-state index in [0.29, 0.717) is 41.7 Å². The van der Waals surface area contributed by atoms with Gasteiger partial charge in [-0.3, -0.25) is 14.1 Å². The fourth-order valence-electron chi connectivity index (χ4n) is 4.40. The van der Waals surface area contributed by atoms with E-state index in [1.807, 2.05) is 65.2 Å². The zero-order chi connectivity index (χ0) is 28.8. The number of hydrogen-bond acceptors (Lipinski definition) is 8. The summed E-state index contributed by atoms with van der Waals surface area (Å²) in [5.74, 6) is -0.0849. The molecular formula is C28H40N5O6+. The highest BCUT2D eigenvalue weighted by Gasteiger charge is 2.30. The Morgan fingerprint density at radius 2 is 1.77 bits per heavy atom. The van der Waals surface area contributed by atoms with Gasteiger partial charge in [-0.15, -0.1) is 15.0 Å². The molecule has 0 atom stereocenters. The van der Waals surface area contributed by atoms with Crippen LogP contribution in [0.4, 0.5) is 0 Å². The minimum Gasteiger partial charge on any atom is -0.505 e. The maximum absolute atomic E-state index is 12.7. The van der Waals surface area contributed by atoms with E-state index in [1.54, 1.807) is 0 Å². The van der Waals surface area contributed by atoms with Crippen LogP contribution in [0.15, 0.2) is 30.3 Å². The molecule has 2 N–H and O–H groups in total. The molecule has 3 rings (SSSR count). The van der Waals surface area contributed by atoms with Crippen LogP contribution < -0.4 is 5.32 Å². The molecular weight excluding hydrogens is 502 g/mol. The summed E-state index contributed by atoms with van der Waals surface area (Å²) < 4.78 is 15.7. The largest absolute Gasteiger partial charge is 0.505 e. The molecule has 0 spiro atoms. The maximum atomic E-state index is 12.7. The second-order valence-corrected chi connectivity index (χ2v) is 11.2. The van der Waals surface area contributed by atoms with Gasteiger partial charge in [0.05, 0.1) is 20.6 Å². The Labute approximate surface area is 229 Å². The molecule has 0 bridgehead atoms. The van der Waals surface area contributed by atoms with Crippen molar-refractivity contribution >= 4 is 23.4 Å². The first-order chi connectivity index (χ1) is 18.4. The van der Waals surface area contributed by atoms with Crippen molar-refractivity contribution < 1.29 is 33.4 Å². The molecule has 0 aliphatic rings. The van der Waals surface area contributed by atoms with Crippen LogP contribution in [0.3, 0.4) is 0 Å². The molecule has 1 amide bonds. The van der Waals surface area contributed by atoms with E-state index in [9.17, 15) is 14.7 Å². The molecule has 1 heterocycles. The molecule has 0 radical (unpaired) electrons. The molecule has 0 aliphatic heterocycles. The van der Waals surface area contributed by atoms with Crippen molar-refractivity contribution in [1.82, 2.24) is 20.3 Å². The Kier molecular flexibility index (Phi) is 9.65. The smallest absolute Gasteiger partial charge is 0.297 e. The number of aryl methyl sites for hydroxylation is 1. The van der Waals surface area contributed by atoms with Crippen LogP contribution in [-0.2, 0) is 42.2 Å². The molecule has 11 nitrogen and oxygen atoms in total. The van der Waals surface area contributed by atoms with Crippen molar-refractivity contribution in [2.24, 2.45) is 0 Å². The fraction of sp³-hybridized carbons (Fsp3) is 0.500. The van der Waals surface area contributed by atoms with Gasteiger partial charge in [0.15, 0.2) is 6.29 Å². The van der Waals surface area contributed by atoms with Crippen LogP contribution in [0.1, 0.15) is 43.9 Å². The topological polar surface area (TPSA) is 125 Å². The number of rotatable bonds is 13. The summed E-state index contributed by atoms with van der Waals surface area (Å²) in [6, 6.07) is 9.44. The van der Waals surface area contributed by atoms with Gasteiger partial charge in [-0.05, 0) is 29.5 Å². The minimum absolute atomic E-state index is 0.0744. The van der Waals surface area contributed by atoms with Crippen molar-refractivity contribution in [3.63, 3.8) is 0 Å². The zero-order valence-electron chi connectivity index (χ0n) is 23.9. The first kappa shape index (κ1) is 30.0. The van der Waals surface area contributed by atoms with Crippen LogP contribution in [0.5, 0.6) is 5.75 Å². The molecule has 212 valence electrons. The van der Waals surface area contributed by atoms with Crippen LogP contribution in [-0.4, -0.2) is 84.8 Å². The molecule has 3 aromatic rings. The number of aromatic nitrogens is 3. The minimum atomic E-state index is -0.534. The number of amides is 1. The maximum Gasteiger partial charge on any atom is 0.297 e. The quantitative estimate of drug-likeness (QED) is 0.192. The lowest BCUT2D eigenvalue weighted by molar-refractivity contribution is -0.919. The van der Waals surface area contributed by atoms with Gasteiger partial charge in [0, 0.05) is 31.8 Å². The van der Waals surface area contributed by atoms with Crippen molar-refractivity contribution in [2.45, 2.75) is 51.9 Å². The third-order valence-electron chi connectivity index (χ3n) is 6.46. The number of fused-ring (bicyclic) bond motifs is 1. The average molecular weight is 543 g/mol. The van der Waals surface area contributed by atoms with Crippen molar-refractivity contribution in [3.05, 3.63) is 47.0 Å². The third-order valence-corrected chi connectivity index (χ3v) is 6.46. The van der Waals surface area contributed by atoms with Gasteiger partial charge in [0.1, 0.15) is 29.0 Å². The Morgan fingerprint density at radius 1 is 1.15 bits per heavy atom. The molecule has 0 saturated heterocycles. The molecule has 0 saturated carbocycles. The van der Waals surface area contributed by atoms with Crippen molar-refractivity contribution in [3.8, 4) is 11.4 Å². The van der Waals surface area contributed by atoms with E-state index in [2.05, 4.69) is 15.5 Å². The molecule has 11 heteroatoms. The van der Waals surface area contributed by atoms with Crippen LogP contribution in [0, 0.1) is 0 Å². The molecule has 0 unspecified atom stereocenters. The SMILES string of the molecule is COC(CNC(=O)CCc1cc(C(C)(C)C)c(O)c(-n2nc3ccccc3n2)c1C[N+](C)(C)COC=O)OC. The lowest BCUT2D eigenvalue weighted by atomic mass is 9.82. The van der Waals surface area contributed by atoms with Gasteiger partial charge in [-0.1, -0.05) is 39.0 Å². The molecule has 2 aromatic carbocycles. The number of carbonyl (C=O) groups excluding carboxylic acids is 2. The average Bonchev–Trinajstić information content (AvgIpc) is 3.30. The van der Waals surface area contributed by atoms with E-state index in [4.69, 9.17) is 14.2 Å². The molecule has 1 aromatic heterocycles. The summed E-state index contributed by atoms with van der Waals surface area (Å²) in [4.78, 5) is 25.2. The highest BCUT2D eigenvalue weighted by molar-refractivity contribution is 5.77. The number of phenolic OH excluding ortho intramolecular Hbond substituents is 1. The van der Waals surface area contributed by atoms with Gasteiger partial charge in [-0.2, -0.15) is 0 Å². The standard InChI is InChI=1S/C28H39N5O6/c1-28(2,3)21-14-19(12-13-24(35)29-15-25(37-6)38-7)20(16-33(4,5)17-39-18-34)26(27(21)36)32-30-22-10-8-9-11-23(22)31-32/h8-11,14,18,25H,12-13,15-17H2,1-7H3,(H-,29,35,36)/p+1. The summed E-state index contributed by atoms with van der Waals surface area (Å²) in [6.07, 6.45) is 0.0683. The number of nitrogens with one attached hydrogen (secondary N) is 1. The van der Waals surface area contributed by atoms with Gasteiger partial charge in [-0.25, -0.2) is 0 Å². The fourth-order valence-corrected chi connectivity index (χ4v) is 4.40. The number of nitrogens with zero attached hydrogens (tertiary/aromatic N) is 4. The monoisotopic (exact) mass is 542 g/mol. The lowest BCUT2D eigenvalue weighted by Crippen LogP contribution is -2.41. The van der Waals surface area contributed by atoms with E-state index in [-0.39, 0.29) is 35.8 Å². The number of phenols is 1. The molecule has 0 aliphatic carbocycles. The normalized spacial score (nSPS) is 12.2. The second-order valence-electron chi connectivity index (χ2n) is 11.2. The third kappa shape index (κ3) is 7.53. The predicted octanol–water partition coefficient (Wildman–Crippen LogP) is 2.80.